The zero-order valence-electron chi connectivity index (χ0n) is 10.7. The van der Waals surface area contributed by atoms with Gasteiger partial charge in [0.2, 0.25) is 5.91 Å². The molecular weight excluding hydrogens is 301 g/mol. The van der Waals surface area contributed by atoms with Crippen LogP contribution in [0.1, 0.15) is 6.92 Å². The van der Waals surface area contributed by atoms with Gasteiger partial charge >= 0.3 is 0 Å². The van der Waals surface area contributed by atoms with Crippen molar-refractivity contribution in [3.05, 3.63) is 22.4 Å². The summed E-state index contributed by atoms with van der Waals surface area (Å²) in [4.78, 5) is 15.0. The van der Waals surface area contributed by atoms with Crippen LogP contribution in [0.15, 0.2) is 16.6 Å². The second kappa shape index (κ2) is 6.04. The van der Waals surface area contributed by atoms with Gasteiger partial charge in [-0.05, 0) is 28.9 Å². The van der Waals surface area contributed by atoms with Crippen molar-refractivity contribution in [1.29, 1.82) is 0 Å². The van der Waals surface area contributed by atoms with Gasteiger partial charge in [-0.2, -0.15) is 0 Å². The summed E-state index contributed by atoms with van der Waals surface area (Å²) in [5.74, 6) is -0.442. The van der Waals surface area contributed by atoms with Crippen molar-refractivity contribution in [2.45, 2.75) is 6.92 Å². The van der Waals surface area contributed by atoms with Crippen LogP contribution in [0.5, 0.6) is 0 Å². The summed E-state index contributed by atoms with van der Waals surface area (Å²) in [6.45, 7) is 2.74. The Morgan fingerprint density at radius 2 is 2.06 bits per heavy atom. The molecule has 1 rings (SSSR count). The molecule has 0 aliphatic rings. The molecule has 0 saturated heterocycles. The smallest absolute Gasteiger partial charge is 0.241 e. The minimum atomic E-state index is -0.411. The number of amides is 1. The lowest BCUT2D eigenvalue weighted by molar-refractivity contribution is -0.127. The van der Waals surface area contributed by atoms with E-state index < -0.39 is 5.82 Å². The molecule has 0 fully saturated rings. The molecule has 0 unspecified atom stereocenters. The molecule has 0 aromatic heterocycles. The van der Waals surface area contributed by atoms with Crippen molar-refractivity contribution < 1.29 is 9.18 Å². The number of nitrogens with two attached hydrogens (primary N) is 1. The molecule has 0 aliphatic carbocycles. The Labute approximate surface area is 115 Å². The third-order valence-corrected chi connectivity index (χ3v) is 3.22. The Balaban J connectivity index is 3.02. The monoisotopic (exact) mass is 317 g/mol. The van der Waals surface area contributed by atoms with Crippen LogP contribution in [0.25, 0.3) is 0 Å². The standard InChI is InChI=1S/C12H17BrFN3O/c1-4-17(7-12(18)16(2)3)11-5-8(13)9(14)6-10(11)15/h5-6H,4,7,15H2,1-3H3. The van der Waals surface area contributed by atoms with Crippen molar-refractivity contribution in [2.24, 2.45) is 0 Å². The number of hydrogen-bond donors (Lipinski definition) is 1. The number of likely N-dealkylation sites (N-methyl/N-ethyl adjacent to an activating group) is 2. The lowest BCUT2D eigenvalue weighted by Gasteiger charge is -2.25. The van der Waals surface area contributed by atoms with Gasteiger partial charge in [-0.3, -0.25) is 4.79 Å². The largest absolute Gasteiger partial charge is 0.397 e. The Kier molecular flexibility index (Phi) is 4.95. The number of benzene rings is 1. The van der Waals surface area contributed by atoms with Crippen LogP contribution < -0.4 is 10.6 Å². The Bertz CT molecular complexity index is 451. The Morgan fingerprint density at radius 1 is 1.44 bits per heavy atom. The van der Waals surface area contributed by atoms with Crippen molar-refractivity contribution in [1.82, 2.24) is 4.90 Å². The summed E-state index contributed by atoms with van der Waals surface area (Å²) in [6, 6.07) is 2.85. The molecule has 0 saturated carbocycles. The molecule has 4 nitrogen and oxygen atoms in total. The first kappa shape index (κ1) is 14.8. The minimum absolute atomic E-state index is 0.0308. The summed E-state index contributed by atoms with van der Waals surface area (Å²) >= 11 is 3.12. The Hall–Kier alpha value is -1.30. The fourth-order valence-electron chi connectivity index (χ4n) is 1.50. The predicted molar refractivity (Wildman–Crippen MR) is 75.1 cm³/mol. The molecule has 0 spiro atoms. The third-order valence-electron chi connectivity index (χ3n) is 2.62. The van der Waals surface area contributed by atoms with Crippen LogP contribution in [-0.2, 0) is 4.79 Å². The van der Waals surface area contributed by atoms with Gasteiger partial charge in [-0.25, -0.2) is 4.39 Å². The highest BCUT2D eigenvalue weighted by Gasteiger charge is 2.15. The molecular formula is C12H17BrFN3O. The fourth-order valence-corrected chi connectivity index (χ4v) is 1.83. The van der Waals surface area contributed by atoms with Gasteiger partial charge in [0, 0.05) is 26.7 Å². The molecule has 2 N–H and O–H groups in total. The van der Waals surface area contributed by atoms with E-state index in [1.54, 1.807) is 20.2 Å². The summed E-state index contributed by atoms with van der Waals surface area (Å²) in [5, 5.41) is 0. The van der Waals surface area contributed by atoms with Crippen LogP contribution in [0.2, 0.25) is 0 Å². The zero-order valence-corrected chi connectivity index (χ0v) is 12.3. The zero-order chi connectivity index (χ0) is 13.9. The average Bonchev–Trinajstić information content (AvgIpc) is 2.30. The molecule has 100 valence electrons. The first-order valence-corrected chi connectivity index (χ1v) is 6.35. The van der Waals surface area contributed by atoms with Gasteiger partial charge in [-0.1, -0.05) is 0 Å². The Morgan fingerprint density at radius 3 is 2.56 bits per heavy atom. The molecule has 1 aromatic rings. The first-order chi connectivity index (χ1) is 8.36. The maximum Gasteiger partial charge on any atom is 0.241 e. The number of hydrogen-bond acceptors (Lipinski definition) is 3. The van der Waals surface area contributed by atoms with Crippen molar-refractivity contribution in [3.8, 4) is 0 Å². The van der Waals surface area contributed by atoms with Crippen LogP contribution in [0.3, 0.4) is 0 Å². The lowest BCUT2D eigenvalue weighted by Crippen LogP contribution is -2.36. The molecule has 1 amide bonds. The van der Waals surface area contributed by atoms with Gasteiger partial charge in [0.25, 0.3) is 0 Å². The number of nitrogens with zero attached hydrogens (tertiary/aromatic N) is 2. The van der Waals surface area contributed by atoms with E-state index in [0.29, 0.717) is 22.4 Å². The van der Waals surface area contributed by atoms with E-state index in [1.165, 1.54) is 11.0 Å². The molecule has 0 bridgehead atoms. The van der Waals surface area contributed by atoms with Gasteiger partial charge < -0.3 is 15.5 Å². The summed E-state index contributed by atoms with van der Waals surface area (Å²) in [6.07, 6.45) is 0. The SMILES string of the molecule is CCN(CC(=O)N(C)C)c1cc(Br)c(F)cc1N. The number of anilines is 2. The van der Waals surface area contributed by atoms with Gasteiger partial charge in [0.15, 0.2) is 0 Å². The average molecular weight is 318 g/mol. The van der Waals surface area contributed by atoms with Crippen molar-refractivity contribution in [3.63, 3.8) is 0 Å². The van der Waals surface area contributed by atoms with Crippen LogP contribution >= 0.6 is 15.9 Å². The fraction of sp³-hybridized carbons (Fsp3) is 0.417. The third kappa shape index (κ3) is 3.35. The van der Waals surface area contributed by atoms with Crippen LogP contribution in [0.4, 0.5) is 15.8 Å². The molecule has 0 heterocycles. The van der Waals surface area contributed by atoms with Crippen LogP contribution in [0, 0.1) is 5.82 Å². The highest BCUT2D eigenvalue weighted by atomic mass is 79.9. The number of nitrogen functional groups attached to an aromatic ring is 1. The highest BCUT2D eigenvalue weighted by molar-refractivity contribution is 9.10. The molecule has 1 aromatic carbocycles. The highest BCUT2D eigenvalue weighted by Crippen LogP contribution is 2.29. The topological polar surface area (TPSA) is 49.6 Å². The van der Waals surface area contributed by atoms with E-state index in [9.17, 15) is 9.18 Å². The molecule has 0 atom stereocenters. The van der Waals surface area contributed by atoms with E-state index in [2.05, 4.69) is 15.9 Å². The molecule has 0 aliphatic heterocycles. The summed E-state index contributed by atoms with van der Waals surface area (Å²) in [7, 11) is 3.39. The van der Waals surface area contributed by atoms with Gasteiger partial charge in [0.1, 0.15) is 5.82 Å². The maximum absolute atomic E-state index is 13.3. The van der Waals surface area contributed by atoms with Gasteiger partial charge in [-0.15, -0.1) is 0 Å². The lowest BCUT2D eigenvalue weighted by atomic mass is 10.2. The van der Waals surface area contributed by atoms with Gasteiger partial charge in [0.05, 0.1) is 22.4 Å². The van der Waals surface area contributed by atoms with Crippen LogP contribution in [-0.4, -0.2) is 38.0 Å². The second-order valence-electron chi connectivity index (χ2n) is 4.13. The van der Waals surface area contributed by atoms with E-state index >= 15 is 0 Å². The van der Waals surface area contributed by atoms with E-state index in [-0.39, 0.29) is 12.5 Å². The normalized spacial score (nSPS) is 10.3. The maximum atomic E-state index is 13.3. The van der Waals surface area contributed by atoms with Crippen molar-refractivity contribution >= 4 is 33.2 Å². The minimum Gasteiger partial charge on any atom is -0.397 e. The summed E-state index contributed by atoms with van der Waals surface area (Å²) in [5.41, 5.74) is 6.77. The first-order valence-electron chi connectivity index (χ1n) is 5.56. The van der Waals surface area contributed by atoms with E-state index in [4.69, 9.17) is 5.73 Å². The predicted octanol–water partition coefficient (Wildman–Crippen LogP) is 2.08. The second-order valence-corrected chi connectivity index (χ2v) is 4.98. The summed E-state index contributed by atoms with van der Waals surface area (Å²) < 4.78 is 13.6. The number of carbonyl (C=O) groups excluding carboxylic acids is 1. The number of rotatable bonds is 4. The number of halogens is 2. The van der Waals surface area contributed by atoms with Crippen molar-refractivity contribution in [2.75, 3.05) is 37.8 Å². The number of carbonyl (C=O) groups is 1. The molecule has 6 heteroatoms. The van der Waals surface area contributed by atoms with E-state index in [0.717, 1.165) is 0 Å². The molecule has 0 radical (unpaired) electrons. The molecule has 18 heavy (non-hydrogen) atoms. The van der Waals surface area contributed by atoms with E-state index in [1.807, 2.05) is 11.8 Å². The quantitative estimate of drug-likeness (QED) is 0.865.